The molecule has 0 atom stereocenters. The second-order valence-electron chi connectivity index (χ2n) is 4.20. The zero-order valence-electron chi connectivity index (χ0n) is 9.56. The van der Waals surface area contributed by atoms with E-state index in [1.54, 1.807) is 0 Å². The predicted octanol–water partition coefficient (Wildman–Crippen LogP) is 1.01. The highest BCUT2D eigenvalue weighted by Crippen LogP contribution is 2.21. The summed E-state index contributed by atoms with van der Waals surface area (Å²) in [7, 11) is 0. The molecule has 0 fully saturated rings. The summed E-state index contributed by atoms with van der Waals surface area (Å²) < 4.78 is 1.86. The van der Waals surface area contributed by atoms with Gasteiger partial charge in [-0.1, -0.05) is 18.2 Å². The SMILES string of the molecule is OCc1c2c(nn1-c1ccccc1)CNCC2. The van der Waals surface area contributed by atoms with Gasteiger partial charge in [0.1, 0.15) is 0 Å². The number of aromatic nitrogens is 2. The smallest absolute Gasteiger partial charge is 0.0857 e. The van der Waals surface area contributed by atoms with E-state index >= 15 is 0 Å². The Morgan fingerprint density at radius 1 is 1.29 bits per heavy atom. The van der Waals surface area contributed by atoms with Crippen LogP contribution in [-0.4, -0.2) is 21.4 Å². The topological polar surface area (TPSA) is 50.1 Å². The minimum Gasteiger partial charge on any atom is -0.390 e. The van der Waals surface area contributed by atoms with Gasteiger partial charge in [-0.3, -0.25) is 0 Å². The molecule has 0 saturated heterocycles. The Morgan fingerprint density at radius 3 is 2.88 bits per heavy atom. The first-order valence-electron chi connectivity index (χ1n) is 5.87. The molecule has 2 N–H and O–H groups in total. The lowest BCUT2D eigenvalue weighted by atomic mass is 10.1. The standard InChI is InChI=1S/C13H15N3O/c17-9-13-11-6-7-14-8-12(11)15-16(13)10-4-2-1-3-5-10/h1-5,14,17H,6-9H2. The summed E-state index contributed by atoms with van der Waals surface area (Å²) in [6.45, 7) is 1.79. The first-order valence-corrected chi connectivity index (χ1v) is 5.87. The summed E-state index contributed by atoms with van der Waals surface area (Å²) in [6.07, 6.45) is 0.943. The molecule has 17 heavy (non-hydrogen) atoms. The van der Waals surface area contributed by atoms with Gasteiger partial charge in [0.2, 0.25) is 0 Å². The first-order chi connectivity index (χ1) is 8.40. The Morgan fingerprint density at radius 2 is 2.12 bits per heavy atom. The number of rotatable bonds is 2. The molecule has 3 rings (SSSR count). The van der Waals surface area contributed by atoms with Crippen molar-refractivity contribution in [3.8, 4) is 5.69 Å². The van der Waals surface area contributed by atoms with Crippen LogP contribution in [0.4, 0.5) is 0 Å². The van der Waals surface area contributed by atoms with E-state index < -0.39 is 0 Å². The summed E-state index contributed by atoms with van der Waals surface area (Å²) in [5.74, 6) is 0. The monoisotopic (exact) mass is 229 g/mol. The van der Waals surface area contributed by atoms with Crippen molar-refractivity contribution in [3.05, 3.63) is 47.3 Å². The number of hydrogen-bond donors (Lipinski definition) is 2. The van der Waals surface area contributed by atoms with Crippen LogP contribution in [0, 0.1) is 0 Å². The molecule has 4 heteroatoms. The van der Waals surface area contributed by atoms with Crippen LogP contribution in [0.25, 0.3) is 5.69 Å². The number of aliphatic hydroxyl groups excluding tert-OH is 1. The maximum atomic E-state index is 9.54. The van der Waals surface area contributed by atoms with Crippen LogP contribution in [0.3, 0.4) is 0 Å². The van der Waals surface area contributed by atoms with E-state index in [0.29, 0.717) is 0 Å². The molecule has 1 aromatic heterocycles. The molecule has 1 aliphatic heterocycles. The van der Waals surface area contributed by atoms with Gasteiger partial charge in [0.25, 0.3) is 0 Å². The van der Waals surface area contributed by atoms with Crippen molar-refractivity contribution in [1.29, 1.82) is 0 Å². The zero-order valence-corrected chi connectivity index (χ0v) is 9.56. The number of nitrogens with zero attached hydrogens (tertiary/aromatic N) is 2. The maximum absolute atomic E-state index is 9.54. The van der Waals surface area contributed by atoms with Crippen molar-refractivity contribution in [2.45, 2.75) is 19.6 Å². The van der Waals surface area contributed by atoms with Crippen molar-refractivity contribution in [2.24, 2.45) is 0 Å². The maximum Gasteiger partial charge on any atom is 0.0857 e. The van der Waals surface area contributed by atoms with E-state index in [1.807, 2.05) is 35.0 Å². The Bertz CT molecular complexity index is 519. The molecule has 0 aliphatic carbocycles. The third-order valence-corrected chi connectivity index (χ3v) is 3.17. The second-order valence-corrected chi connectivity index (χ2v) is 4.20. The van der Waals surface area contributed by atoms with Gasteiger partial charge in [-0.25, -0.2) is 4.68 Å². The molecule has 1 aromatic carbocycles. The molecule has 0 unspecified atom stereocenters. The summed E-state index contributed by atoms with van der Waals surface area (Å²) in [4.78, 5) is 0. The van der Waals surface area contributed by atoms with Crippen molar-refractivity contribution >= 4 is 0 Å². The Hall–Kier alpha value is -1.65. The van der Waals surface area contributed by atoms with Crippen LogP contribution in [0.1, 0.15) is 17.0 Å². The fourth-order valence-corrected chi connectivity index (χ4v) is 2.33. The van der Waals surface area contributed by atoms with Gasteiger partial charge in [-0.2, -0.15) is 5.10 Å². The summed E-state index contributed by atoms with van der Waals surface area (Å²) >= 11 is 0. The number of para-hydroxylation sites is 1. The molecular formula is C13H15N3O. The minimum absolute atomic E-state index is 0.0389. The van der Waals surface area contributed by atoms with Gasteiger partial charge in [0.05, 0.1) is 23.7 Å². The lowest BCUT2D eigenvalue weighted by Gasteiger charge is -2.11. The Balaban J connectivity index is 2.14. The minimum atomic E-state index is 0.0389. The molecule has 2 heterocycles. The third kappa shape index (κ3) is 1.75. The Kier molecular flexibility index (Phi) is 2.66. The van der Waals surface area contributed by atoms with Crippen LogP contribution in [0.5, 0.6) is 0 Å². The van der Waals surface area contributed by atoms with E-state index in [0.717, 1.165) is 36.6 Å². The van der Waals surface area contributed by atoms with Crippen LogP contribution < -0.4 is 5.32 Å². The number of aliphatic hydroxyl groups is 1. The predicted molar refractivity (Wildman–Crippen MR) is 64.9 cm³/mol. The molecule has 0 radical (unpaired) electrons. The van der Waals surface area contributed by atoms with Gasteiger partial charge < -0.3 is 10.4 Å². The highest BCUT2D eigenvalue weighted by Gasteiger charge is 2.20. The number of nitrogens with one attached hydrogen (secondary N) is 1. The van der Waals surface area contributed by atoms with Gasteiger partial charge in [0.15, 0.2) is 0 Å². The lowest BCUT2D eigenvalue weighted by molar-refractivity contribution is 0.272. The fourth-order valence-electron chi connectivity index (χ4n) is 2.33. The van der Waals surface area contributed by atoms with Gasteiger partial charge in [-0.15, -0.1) is 0 Å². The molecule has 0 saturated carbocycles. The summed E-state index contributed by atoms with van der Waals surface area (Å²) in [5.41, 5.74) is 4.19. The number of fused-ring (bicyclic) bond motifs is 1. The number of hydrogen-bond acceptors (Lipinski definition) is 3. The van der Waals surface area contributed by atoms with E-state index in [2.05, 4.69) is 10.4 Å². The van der Waals surface area contributed by atoms with Gasteiger partial charge >= 0.3 is 0 Å². The van der Waals surface area contributed by atoms with Crippen LogP contribution in [0.15, 0.2) is 30.3 Å². The highest BCUT2D eigenvalue weighted by molar-refractivity contribution is 5.38. The van der Waals surface area contributed by atoms with E-state index in [1.165, 1.54) is 5.56 Å². The molecule has 88 valence electrons. The highest BCUT2D eigenvalue weighted by atomic mass is 16.3. The Labute approximate surface area is 99.9 Å². The summed E-state index contributed by atoms with van der Waals surface area (Å²) in [6, 6.07) is 9.95. The summed E-state index contributed by atoms with van der Waals surface area (Å²) in [5, 5.41) is 17.4. The van der Waals surface area contributed by atoms with Gasteiger partial charge in [-0.05, 0) is 25.1 Å². The zero-order chi connectivity index (χ0) is 11.7. The van der Waals surface area contributed by atoms with Crippen molar-refractivity contribution in [3.63, 3.8) is 0 Å². The first kappa shape index (κ1) is 10.5. The average Bonchev–Trinajstić information content (AvgIpc) is 2.78. The molecular weight excluding hydrogens is 214 g/mol. The van der Waals surface area contributed by atoms with Crippen LogP contribution in [-0.2, 0) is 19.6 Å². The van der Waals surface area contributed by atoms with Gasteiger partial charge in [0, 0.05) is 12.1 Å². The van der Waals surface area contributed by atoms with Crippen molar-refractivity contribution < 1.29 is 5.11 Å². The largest absolute Gasteiger partial charge is 0.390 e. The van der Waals surface area contributed by atoms with E-state index in [9.17, 15) is 5.11 Å². The molecule has 0 amide bonds. The molecule has 2 aromatic rings. The molecule has 0 spiro atoms. The third-order valence-electron chi connectivity index (χ3n) is 3.17. The van der Waals surface area contributed by atoms with Crippen LogP contribution in [0.2, 0.25) is 0 Å². The molecule has 1 aliphatic rings. The van der Waals surface area contributed by atoms with E-state index in [4.69, 9.17) is 0 Å². The second kappa shape index (κ2) is 4.31. The van der Waals surface area contributed by atoms with Crippen LogP contribution >= 0.6 is 0 Å². The molecule has 4 nitrogen and oxygen atoms in total. The molecule has 0 bridgehead atoms. The van der Waals surface area contributed by atoms with E-state index in [-0.39, 0.29) is 6.61 Å². The van der Waals surface area contributed by atoms with Crippen molar-refractivity contribution in [1.82, 2.24) is 15.1 Å². The van der Waals surface area contributed by atoms with Crippen molar-refractivity contribution in [2.75, 3.05) is 6.54 Å². The average molecular weight is 229 g/mol. The number of benzene rings is 1. The fraction of sp³-hybridized carbons (Fsp3) is 0.308. The quantitative estimate of drug-likeness (QED) is 0.808. The normalized spacial score (nSPS) is 14.6. The lowest BCUT2D eigenvalue weighted by Crippen LogP contribution is -2.23.